The summed E-state index contributed by atoms with van der Waals surface area (Å²) in [7, 11) is 0. The molecule has 0 heterocycles. The minimum absolute atomic E-state index is 0.0128. The third-order valence-electron chi connectivity index (χ3n) is 18.5. The largest absolute Gasteiger partial charge is 0.466 e. The highest BCUT2D eigenvalue weighted by Gasteiger charge is 2.20. The summed E-state index contributed by atoms with van der Waals surface area (Å²) in [5.74, 6) is -0.0133. The predicted octanol–water partition coefficient (Wildman–Crippen LogP) is 25.7. The standard InChI is InChI=1S/C79H153NO5/c1-3-5-7-9-11-13-15-17-19-21-22-23-33-36-40-43-47-51-55-59-63-67-71-77(82)76(75-81)80-78(83)72-68-64-60-56-52-48-44-41-37-34-31-29-27-25-24-26-28-30-32-35-38-42-46-50-54-58-62-66-70-74-85-79(84)73-69-65-61-57-53-49-45-39-20-18-16-14-12-10-8-6-4-2/h12,14,18,20,76-77,81-82H,3-11,13,15-17,19,21-75H2,1-2H3,(H,80,83)/b14-12-,20-18-. The third-order valence-corrected chi connectivity index (χ3v) is 18.5. The molecule has 0 bridgehead atoms. The zero-order valence-electron chi connectivity index (χ0n) is 57.9. The van der Waals surface area contributed by atoms with Crippen LogP contribution in [0, 0.1) is 0 Å². The Labute approximate surface area is 532 Å². The molecular weight excluding hydrogens is 1040 g/mol. The molecule has 0 fully saturated rings. The van der Waals surface area contributed by atoms with Gasteiger partial charge in [-0.15, -0.1) is 0 Å². The fourth-order valence-corrected chi connectivity index (χ4v) is 12.6. The first-order chi connectivity index (χ1) is 42.0. The molecule has 2 unspecified atom stereocenters. The minimum atomic E-state index is -0.663. The highest BCUT2D eigenvalue weighted by molar-refractivity contribution is 5.76. The molecule has 0 saturated carbocycles. The van der Waals surface area contributed by atoms with Crippen molar-refractivity contribution in [1.82, 2.24) is 5.32 Å². The van der Waals surface area contributed by atoms with Gasteiger partial charge >= 0.3 is 5.97 Å². The Morgan fingerprint density at radius 3 is 0.918 bits per heavy atom. The van der Waals surface area contributed by atoms with Crippen molar-refractivity contribution in [2.24, 2.45) is 0 Å². The summed E-state index contributed by atoms with van der Waals surface area (Å²) in [5.41, 5.74) is 0. The van der Waals surface area contributed by atoms with E-state index in [1.807, 2.05) is 0 Å². The molecule has 0 aliphatic heterocycles. The topological polar surface area (TPSA) is 95.9 Å². The molecule has 0 aliphatic rings. The molecule has 504 valence electrons. The average Bonchev–Trinajstić information content (AvgIpc) is 3.51. The molecule has 0 rings (SSSR count). The number of hydrogen-bond donors (Lipinski definition) is 3. The van der Waals surface area contributed by atoms with Crippen LogP contribution in [-0.4, -0.2) is 47.4 Å². The fourth-order valence-electron chi connectivity index (χ4n) is 12.6. The highest BCUT2D eigenvalue weighted by atomic mass is 16.5. The van der Waals surface area contributed by atoms with Crippen molar-refractivity contribution in [3.05, 3.63) is 24.3 Å². The summed E-state index contributed by atoms with van der Waals surface area (Å²) in [6.07, 6.45) is 95.4. The van der Waals surface area contributed by atoms with Crippen LogP contribution in [0.4, 0.5) is 0 Å². The number of aliphatic hydroxyl groups excluding tert-OH is 2. The zero-order chi connectivity index (χ0) is 61.3. The highest BCUT2D eigenvalue weighted by Crippen LogP contribution is 2.20. The van der Waals surface area contributed by atoms with E-state index in [0.717, 1.165) is 51.4 Å². The van der Waals surface area contributed by atoms with Crippen LogP contribution in [0.5, 0.6) is 0 Å². The maximum Gasteiger partial charge on any atom is 0.305 e. The van der Waals surface area contributed by atoms with Crippen molar-refractivity contribution in [3.8, 4) is 0 Å². The Kier molecular flexibility index (Phi) is 73.3. The van der Waals surface area contributed by atoms with Crippen LogP contribution in [0.2, 0.25) is 0 Å². The van der Waals surface area contributed by atoms with E-state index < -0.39 is 12.1 Å². The molecule has 6 heteroatoms. The van der Waals surface area contributed by atoms with E-state index in [9.17, 15) is 19.8 Å². The van der Waals surface area contributed by atoms with Gasteiger partial charge in [-0.3, -0.25) is 9.59 Å². The van der Waals surface area contributed by atoms with E-state index in [1.165, 1.54) is 360 Å². The van der Waals surface area contributed by atoms with Gasteiger partial charge in [0.15, 0.2) is 0 Å². The average molecular weight is 1200 g/mol. The van der Waals surface area contributed by atoms with Gasteiger partial charge in [-0.25, -0.2) is 0 Å². The number of carbonyl (C=O) groups is 2. The Morgan fingerprint density at radius 1 is 0.329 bits per heavy atom. The van der Waals surface area contributed by atoms with E-state index in [2.05, 4.69) is 43.5 Å². The first kappa shape index (κ1) is 83.3. The monoisotopic (exact) mass is 1200 g/mol. The van der Waals surface area contributed by atoms with Gasteiger partial charge in [0.2, 0.25) is 5.91 Å². The Morgan fingerprint density at radius 2 is 0.588 bits per heavy atom. The molecule has 1 amide bonds. The summed E-state index contributed by atoms with van der Waals surface area (Å²) in [6, 6.07) is -0.540. The van der Waals surface area contributed by atoms with Gasteiger partial charge in [-0.2, -0.15) is 0 Å². The van der Waals surface area contributed by atoms with E-state index in [-0.39, 0.29) is 18.5 Å². The third kappa shape index (κ3) is 71.3. The lowest BCUT2D eigenvalue weighted by atomic mass is 10.0. The van der Waals surface area contributed by atoms with E-state index >= 15 is 0 Å². The maximum atomic E-state index is 12.6. The smallest absolute Gasteiger partial charge is 0.305 e. The van der Waals surface area contributed by atoms with Crippen LogP contribution in [0.3, 0.4) is 0 Å². The van der Waals surface area contributed by atoms with Crippen molar-refractivity contribution in [1.29, 1.82) is 0 Å². The Balaban J connectivity index is 3.34. The lowest BCUT2D eigenvalue weighted by Gasteiger charge is -2.22. The molecule has 0 saturated heterocycles. The van der Waals surface area contributed by atoms with Gasteiger partial charge in [0, 0.05) is 12.8 Å². The van der Waals surface area contributed by atoms with E-state index in [0.29, 0.717) is 25.9 Å². The maximum absolute atomic E-state index is 12.6. The second-order valence-electron chi connectivity index (χ2n) is 27.0. The fraction of sp³-hybridized carbons (Fsp3) is 0.924. The first-order valence-corrected chi connectivity index (χ1v) is 39.1. The number of esters is 1. The summed E-state index contributed by atoms with van der Waals surface area (Å²) < 4.78 is 5.51. The molecule has 0 aromatic carbocycles. The molecule has 0 aromatic rings. The van der Waals surface area contributed by atoms with Gasteiger partial charge in [0.05, 0.1) is 25.4 Å². The second-order valence-corrected chi connectivity index (χ2v) is 27.0. The van der Waals surface area contributed by atoms with Gasteiger partial charge in [0.25, 0.3) is 0 Å². The van der Waals surface area contributed by atoms with Crippen molar-refractivity contribution in [2.45, 2.75) is 456 Å². The molecule has 0 spiro atoms. The van der Waals surface area contributed by atoms with Gasteiger partial charge in [0.1, 0.15) is 0 Å². The number of amides is 1. The number of unbranched alkanes of at least 4 members (excludes halogenated alkanes) is 59. The van der Waals surface area contributed by atoms with Crippen LogP contribution in [0.25, 0.3) is 0 Å². The first-order valence-electron chi connectivity index (χ1n) is 39.1. The molecular formula is C79H153NO5. The molecule has 6 nitrogen and oxygen atoms in total. The van der Waals surface area contributed by atoms with Crippen LogP contribution in [0.15, 0.2) is 24.3 Å². The zero-order valence-corrected chi connectivity index (χ0v) is 57.9. The summed E-state index contributed by atoms with van der Waals surface area (Å²) in [6.45, 7) is 4.98. The number of aliphatic hydroxyl groups is 2. The number of allylic oxidation sites excluding steroid dienone is 4. The normalized spacial score (nSPS) is 12.6. The Hall–Kier alpha value is -1.66. The summed E-state index contributed by atoms with van der Waals surface area (Å²) in [5, 5.41) is 23.5. The molecule has 2 atom stereocenters. The number of ether oxygens (including phenoxy) is 1. The summed E-state index contributed by atoms with van der Waals surface area (Å²) in [4.78, 5) is 24.7. The second kappa shape index (κ2) is 74.8. The summed E-state index contributed by atoms with van der Waals surface area (Å²) >= 11 is 0. The number of nitrogens with one attached hydrogen (secondary N) is 1. The van der Waals surface area contributed by atoms with E-state index in [4.69, 9.17) is 4.74 Å². The van der Waals surface area contributed by atoms with Gasteiger partial charge < -0.3 is 20.3 Å². The number of hydrogen-bond acceptors (Lipinski definition) is 5. The van der Waals surface area contributed by atoms with Crippen molar-refractivity contribution in [3.63, 3.8) is 0 Å². The van der Waals surface area contributed by atoms with Gasteiger partial charge in [-0.1, -0.05) is 398 Å². The predicted molar refractivity (Wildman–Crippen MR) is 375 cm³/mol. The van der Waals surface area contributed by atoms with Crippen molar-refractivity contribution in [2.75, 3.05) is 13.2 Å². The molecule has 3 N–H and O–H groups in total. The SMILES string of the molecule is CCCCC/C=C\C/C=C\CCCCCCCCCC(=O)OCCCCCCCCCCCCCCCCCCCCCCCCCCCCCCCC(=O)NC(CO)C(O)CCCCCCCCCCCCCCCCCCCCCCCC. The Bertz CT molecular complexity index is 1330. The number of carbonyl (C=O) groups excluding carboxylic acids is 2. The van der Waals surface area contributed by atoms with Crippen LogP contribution in [-0.2, 0) is 14.3 Å². The molecule has 85 heavy (non-hydrogen) atoms. The van der Waals surface area contributed by atoms with E-state index in [1.54, 1.807) is 0 Å². The molecule has 0 aliphatic carbocycles. The van der Waals surface area contributed by atoms with Crippen LogP contribution in [0.1, 0.15) is 444 Å². The van der Waals surface area contributed by atoms with Gasteiger partial charge in [-0.05, 0) is 57.8 Å². The molecule has 0 aromatic heterocycles. The van der Waals surface area contributed by atoms with Crippen molar-refractivity contribution < 1.29 is 24.5 Å². The quantitative estimate of drug-likeness (QED) is 0.0320. The van der Waals surface area contributed by atoms with Crippen LogP contribution < -0.4 is 5.32 Å². The lowest BCUT2D eigenvalue weighted by Crippen LogP contribution is -2.45. The lowest BCUT2D eigenvalue weighted by molar-refractivity contribution is -0.143. The minimum Gasteiger partial charge on any atom is -0.466 e. The van der Waals surface area contributed by atoms with Crippen molar-refractivity contribution >= 4 is 11.9 Å². The molecule has 0 radical (unpaired) electrons. The van der Waals surface area contributed by atoms with Crippen LogP contribution >= 0.6 is 0 Å². The number of rotatable bonds is 74.